The van der Waals surface area contributed by atoms with Gasteiger partial charge in [0.1, 0.15) is 5.75 Å². The fourth-order valence-electron chi connectivity index (χ4n) is 1.78. The van der Waals surface area contributed by atoms with Crippen molar-refractivity contribution in [2.75, 3.05) is 6.61 Å². The lowest BCUT2D eigenvalue weighted by Crippen LogP contribution is -2.26. The molecule has 2 nitrogen and oxygen atoms in total. The van der Waals surface area contributed by atoms with Crippen molar-refractivity contribution in [1.82, 2.24) is 0 Å². The summed E-state index contributed by atoms with van der Waals surface area (Å²) in [4.78, 5) is 0. The second-order valence-corrected chi connectivity index (χ2v) is 3.92. The monoisotopic (exact) mass is 206 g/mol. The Balaban J connectivity index is 1.88. The van der Waals surface area contributed by atoms with Gasteiger partial charge in [-0.25, -0.2) is 0 Å². The van der Waals surface area contributed by atoms with Crippen LogP contribution in [0, 0.1) is 0 Å². The number of rotatable bonds is 4. The highest BCUT2D eigenvalue weighted by Gasteiger charge is 2.18. The van der Waals surface area contributed by atoms with Gasteiger partial charge in [-0.1, -0.05) is 31.5 Å². The van der Waals surface area contributed by atoms with Crippen LogP contribution >= 0.6 is 0 Å². The Hall–Kier alpha value is -1.02. The molecule has 1 aromatic carbocycles. The molecule has 0 saturated carbocycles. The normalized spacial score (nSPS) is 19.4. The molecule has 0 N–H and O–H groups in total. The molecule has 0 radical (unpaired) electrons. The number of hydrogen-bond acceptors (Lipinski definition) is 2. The lowest BCUT2D eigenvalue weighted by Gasteiger charge is -2.25. The van der Waals surface area contributed by atoms with Gasteiger partial charge in [0, 0.05) is 6.42 Å². The molecule has 2 heteroatoms. The molecule has 1 heterocycles. The predicted octanol–water partition coefficient (Wildman–Crippen LogP) is 3.15. The van der Waals surface area contributed by atoms with Crippen molar-refractivity contribution in [3.8, 4) is 5.75 Å². The Morgan fingerprint density at radius 3 is 3.13 bits per heavy atom. The molecule has 1 aliphatic heterocycles. The van der Waals surface area contributed by atoms with E-state index in [9.17, 15) is 0 Å². The molecule has 0 bridgehead atoms. The molecule has 0 saturated heterocycles. The van der Waals surface area contributed by atoms with Gasteiger partial charge < -0.3 is 9.47 Å². The molecule has 0 spiro atoms. The number of benzene rings is 1. The van der Waals surface area contributed by atoms with Crippen LogP contribution in [0.1, 0.15) is 31.7 Å². The molecule has 1 atom stereocenters. The first kappa shape index (κ1) is 10.5. The first-order valence-electron chi connectivity index (χ1n) is 5.76. The summed E-state index contributed by atoms with van der Waals surface area (Å²) in [6.07, 6.45) is 4.28. The molecule has 2 rings (SSSR count). The topological polar surface area (TPSA) is 18.5 Å². The van der Waals surface area contributed by atoms with Crippen molar-refractivity contribution in [2.45, 2.75) is 38.9 Å². The number of ether oxygens (including phenoxy) is 2. The van der Waals surface area contributed by atoms with E-state index in [2.05, 4.69) is 19.1 Å². The maximum Gasteiger partial charge on any atom is 0.200 e. The Kier molecular flexibility index (Phi) is 3.62. The zero-order valence-electron chi connectivity index (χ0n) is 9.24. The van der Waals surface area contributed by atoms with Crippen LogP contribution in [-0.4, -0.2) is 12.9 Å². The predicted molar refractivity (Wildman–Crippen MR) is 60.0 cm³/mol. The summed E-state index contributed by atoms with van der Waals surface area (Å²) < 4.78 is 11.4. The summed E-state index contributed by atoms with van der Waals surface area (Å²) in [7, 11) is 0. The first-order valence-corrected chi connectivity index (χ1v) is 5.76. The molecule has 0 aromatic heterocycles. The zero-order valence-corrected chi connectivity index (χ0v) is 9.24. The Labute approximate surface area is 91.2 Å². The van der Waals surface area contributed by atoms with E-state index < -0.39 is 0 Å². The second-order valence-electron chi connectivity index (χ2n) is 3.92. The third kappa shape index (κ3) is 2.72. The van der Waals surface area contributed by atoms with E-state index in [0.29, 0.717) is 0 Å². The van der Waals surface area contributed by atoms with E-state index in [1.165, 1.54) is 12.0 Å². The van der Waals surface area contributed by atoms with Gasteiger partial charge in [0.2, 0.25) is 0 Å². The molecular weight excluding hydrogens is 188 g/mol. The number of para-hydroxylation sites is 1. The van der Waals surface area contributed by atoms with Gasteiger partial charge in [0.05, 0.1) is 6.61 Å². The second kappa shape index (κ2) is 5.17. The van der Waals surface area contributed by atoms with Crippen molar-refractivity contribution >= 4 is 0 Å². The summed E-state index contributed by atoms with van der Waals surface area (Å²) >= 11 is 0. The smallest absolute Gasteiger partial charge is 0.200 e. The SMILES string of the molecule is CCCCOC1CCc2ccccc2O1. The molecule has 15 heavy (non-hydrogen) atoms. The van der Waals surface area contributed by atoms with E-state index in [4.69, 9.17) is 9.47 Å². The summed E-state index contributed by atoms with van der Waals surface area (Å²) in [5.74, 6) is 0.991. The third-order valence-corrected chi connectivity index (χ3v) is 2.68. The molecule has 1 aromatic rings. The Morgan fingerprint density at radius 2 is 2.27 bits per heavy atom. The zero-order chi connectivity index (χ0) is 10.5. The van der Waals surface area contributed by atoms with Crippen molar-refractivity contribution in [1.29, 1.82) is 0 Å². The summed E-state index contributed by atoms with van der Waals surface area (Å²) in [6, 6.07) is 8.20. The van der Waals surface area contributed by atoms with Crippen molar-refractivity contribution in [3.63, 3.8) is 0 Å². The number of aryl methyl sites for hydroxylation is 1. The first-order chi connectivity index (χ1) is 7.40. The van der Waals surface area contributed by atoms with Crippen LogP contribution in [0.3, 0.4) is 0 Å². The minimum Gasteiger partial charge on any atom is -0.465 e. The van der Waals surface area contributed by atoms with Gasteiger partial charge in [-0.3, -0.25) is 0 Å². The molecule has 0 fully saturated rings. The molecule has 82 valence electrons. The van der Waals surface area contributed by atoms with Crippen LogP contribution in [0.15, 0.2) is 24.3 Å². The van der Waals surface area contributed by atoms with E-state index in [1.54, 1.807) is 0 Å². The Bertz CT molecular complexity index is 309. The number of unbranched alkanes of at least 4 members (excludes halogenated alkanes) is 1. The average molecular weight is 206 g/mol. The molecule has 0 amide bonds. The van der Waals surface area contributed by atoms with Crippen LogP contribution in [0.25, 0.3) is 0 Å². The third-order valence-electron chi connectivity index (χ3n) is 2.68. The fraction of sp³-hybridized carbons (Fsp3) is 0.538. The highest BCUT2D eigenvalue weighted by Crippen LogP contribution is 2.27. The van der Waals surface area contributed by atoms with Gasteiger partial charge in [0.15, 0.2) is 6.29 Å². The Morgan fingerprint density at radius 1 is 1.40 bits per heavy atom. The number of fused-ring (bicyclic) bond motifs is 1. The molecular formula is C13H18O2. The van der Waals surface area contributed by atoms with E-state index in [0.717, 1.165) is 31.6 Å². The quantitative estimate of drug-likeness (QED) is 0.704. The average Bonchev–Trinajstić information content (AvgIpc) is 2.29. The van der Waals surface area contributed by atoms with E-state index in [1.807, 2.05) is 12.1 Å². The maximum absolute atomic E-state index is 5.76. The van der Waals surface area contributed by atoms with Crippen molar-refractivity contribution in [2.24, 2.45) is 0 Å². The van der Waals surface area contributed by atoms with E-state index >= 15 is 0 Å². The molecule has 1 aliphatic rings. The summed E-state index contributed by atoms with van der Waals surface area (Å²) in [6.45, 7) is 2.98. The minimum absolute atomic E-state index is 0.0357. The maximum atomic E-state index is 5.76. The number of hydrogen-bond donors (Lipinski definition) is 0. The van der Waals surface area contributed by atoms with Gasteiger partial charge >= 0.3 is 0 Å². The lowest BCUT2D eigenvalue weighted by atomic mass is 10.1. The lowest BCUT2D eigenvalue weighted by molar-refractivity contribution is -0.0914. The molecule has 0 aliphatic carbocycles. The van der Waals surface area contributed by atoms with Crippen LogP contribution in [0.2, 0.25) is 0 Å². The van der Waals surface area contributed by atoms with E-state index in [-0.39, 0.29) is 6.29 Å². The highest BCUT2D eigenvalue weighted by molar-refractivity contribution is 5.34. The van der Waals surface area contributed by atoms with Gasteiger partial charge in [-0.15, -0.1) is 0 Å². The van der Waals surface area contributed by atoms with Gasteiger partial charge in [-0.2, -0.15) is 0 Å². The van der Waals surface area contributed by atoms with Gasteiger partial charge in [-0.05, 0) is 24.5 Å². The molecule has 1 unspecified atom stereocenters. The minimum atomic E-state index is -0.0357. The summed E-state index contributed by atoms with van der Waals surface area (Å²) in [5.41, 5.74) is 1.30. The van der Waals surface area contributed by atoms with Crippen molar-refractivity contribution in [3.05, 3.63) is 29.8 Å². The fourth-order valence-corrected chi connectivity index (χ4v) is 1.78. The van der Waals surface area contributed by atoms with Crippen LogP contribution < -0.4 is 4.74 Å². The van der Waals surface area contributed by atoms with Crippen LogP contribution in [0.5, 0.6) is 5.75 Å². The van der Waals surface area contributed by atoms with Crippen molar-refractivity contribution < 1.29 is 9.47 Å². The highest BCUT2D eigenvalue weighted by atomic mass is 16.7. The van der Waals surface area contributed by atoms with Crippen LogP contribution in [0.4, 0.5) is 0 Å². The summed E-state index contributed by atoms with van der Waals surface area (Å²) in [5, 5.41) is 0. The standard InChI is InChI=1S/C13H18O2/c1-2-3-10-14-13-9-8-11-6-4-5-7-12(11)15-13/h4-7,13H,2-3,8-10H2,1H3. The van der Waals surface area contributed by atoms with Gasteiger partial charge in [0.25, 0.3) is 0 Å². The largest absolute Gasteiger partial charge is 0.465 e. The van der Waals surface area contributed by atoms with Crippen LogP contribution in [-0.2, 0) is 11.2 Å².